The van der Waals surface area contributed by atoms with Gasteiger partial charge in [0.05, 0.1) is 25.6 Å². The maximum atomic E-state index is 13.9. The first-order valence-electron chi connectivity index (χ1n) is 27.7. The third-order valence-electron chi connectivity index (χ3n) is 14.4. The van der Waals surface area contributed by atoms with Gasteiger partial charge in [0.25, 0.3) is 17.4 Å². The number of aliphatic hydroxyl groups is 1. The summed E-state index contributed by atoms with van der Waals surface area (Å²) in [6.07, 6.45) is 0.997. The van der Waals surface area contributed by atoms with Crippen LogP contribution in [0.1, 0.15) is 91.4 Å². The van der Waals surface area contributed by atoms with Crippen molar-refractivity contribution < 1.29 is 80.1 Å². The lowest BCUT2D eigenvalue weighted by Gasteiger charge is -2.29. The number of H-pyrrole nitrogens is 1. The Morgan fingerprint density at radius 2 is 1.70 bits per heavy atom. The number of carbonyl (C=O) groups excluding carboxylic acids is 7. The lowest BCUT2D eigenvalue weighted by Crippen LogP contribution is -2.53. The number of amides is 7. The normalized spacial score (nSPS) is 24.9. The molecule has 4 aromatic rings. The van der Waals surface area contributed by atoms with E-state index in [2.05, 4.69) is 58.4 Å². The number of imidazole rings is 1. The Kier molecular flexibility index (Phi) is 21.7. The molecule has 8 rings (SSSR count). The van der Waals surface area contributed by atoms with Crippen molar-refractivity contribution in [1.82, 2.24) is 49.9 Å². The van der Waals surface area contributed by atoms with Gasteiger partial charge < -0.3 is 53.7 Å². The van der Waals surface area contributed by atoms with E-state index in [0.29, 0.717) is 42.8 Å². The number of anilines is 2. The van der Waals surface area contributed by atoms with E-state index in [1.807, 2.05) is 0 Å². The number of thiol groups is 1. The second kappa shape index (κ2) is 28.7. The smallest absolute Gasteiger partial charge is 0.409 e. The van der Waals surface area contributed by atoms with Gasteiger partial charge in [-0.25, -0.2) is 24.3 Å². The molecule has 0 spiro atoms. The molecule has 2 bridgehead atoms. The van der Waals surface area contributed by atoms with E-state index in [0.717, 1.165) is 4.90 Å². The van der Waals surface area contributed by atoms with Gasteiger partial charge in [0.15, 0.2) is 17.4 Å². The van der Waals surface area contributed by atoms with Crippen molar-refractivity contribution in [2.45, 2.75) is 135 Å². The van der Waals surface area contributed by atoms with Crippen molar-refractivity contribution >= 4 is 91.6 Å². The van der Waals surface area contributed by atoms with Crippen molar-refractivity contribution in [3.63, 3.8) is 0 Å². The maximum absolute atomic E-state index is 13.9. The summed E-state index contributed by atoms with van der Waals surface area (Å²) >= 11 is 4.21. The molecular formula is C53H70N12O18P2S. The zero-order valence-corrected chi connectivity index (χ0v) is 50.7. The SMILES string of the molecule is CC(C)[C@H](NC(=O)CCCCCN1C(=O)C=CC1=O)C(=O)N[C@@H](C)C(=O)Nc1ccc(COC(=O)N(C)CC(C)(C)CC(=O)Nc2nc3c(ncn3[C@@H]3O[C@@H]4CO[PH](=O)O[C@H]5C[C@H](Oc6ccncn6)CC5CO[P@@](=O)(S)O[C@@H]3[C@@H]4O)c(=O)[nH]2)cc1. The molecule has 33 heteroatoms. The molecule has 6 N–H and O–H groups in total. The predicted molar refractivity (Wildman–Crippen MR) is 308 cm³/mol. The number of ether oxygens (including phenoxy) is 3. The zero-order valence-electron chi connectivity index (χ0n) is 47.9. The Balaban J connectivity index is 0.788. The van der Waals surface area contributed by atoms with E-state index in [-0.39, 0.29) is 86.3 Å². The Hall–Kier alpha value is -6.95. The van der Waals surface area contributed by atoms with Crippen LogP contribution in [0.25, 0.3) is 11.2 Å². The number of fused-ring (bicyclic) bond motifs is 4. The quantitative estimate of drug-likeness (QED) is 0.0253. The highest BCUT2D eigenvalue weighted by Gasteiger charge is 2.50. The van der Waals surface area contributed by atoms with E-state index in [1.54, 1.807) is 58.0 Å². The first-order chi connectivity index (χ1) is 40.8. The van der Waals surface area contributed by atoms with Crippen molar-refractivity contribution in [3.05, 3.63) is 77.3 Å². The number of unbranched alkanes of at least 4 members (excludes halogenated alkanes) is 2. The molecule has 7 amide bonds. The summed E-state index contributed by atoms with van der Waals surface area (Å²) in [6.45, 7) is 3.63. The topological polar surface area (TPSA) is 382 Å². The fraction of sp³-hybridized carbons (Fsp3) is 0.547. The summed E-state index contributed by atoms with van der Waals surface area (Å²) < 4.78 is 68.9. The molecule has 4 aliphatic rings. The summed E-state index contributed by atoms with van der Waals surface area (Å²) in [6, 6.07) is 6.14. The first-order valence-corrected chi connectivity index (χ1v) is 31.7. The number of nitrogens with one attached hydrogen (secondary N) is 5. The Labute approximate surface area is 499 Å². The van der Waals surface area contributed by atoms with Crippen LogP contribution in [-0.4, -0.2) is 162 Å². The van der Waals surface area contributed by atoms with Gasteiger partial charge in [-0.1, -0.05) is 58.5 Å². The van der Waals surface area contributed by atoms with Crippen LogP contribution < -0.4 is 31.6 Å². The summed E-state index contributed by atoms with van der Waals surface area (Å²) in [7, 11) is -1.72. The third kappa shape index (κ3) is 17.4. The average molecular weight is 1260 g/mol. The van der Waals surface area contributed by atoms with Crippen molar-refractivity contribution in [1.29, 1.82) is 0 Å². The third-order valence-corrected chi connectivity index (χ3v) is 16.9. The number of aliphatic hydroxyl groups excluding tert-OH is 1. The molecule has 86 heavy (non-hydrogen) atoms. The van der Waals surface area contributed by atoms with Crippen LogP contribution in [0.2, 0.25) is 0 Å². The molecule has 6 heterocycles. The van der Waals surface area contributed by atoms with Gasteiger partial charge in [0.1, 0.15) is 49.4 Å². The van der Waals surface area contributed by atoms with E-state index in [4.69, 9.17) is 32.3 Å². The van der Waals surface area contributed by atoms with E-state index in [9.17, 15) is 52.6 Å². The van der Waals surface area contributed by atoms with Crippen LogP contribution in [-0.2, 0) is 72.1 Å². The molecule has 466 valence electrons. The van der Waals surface area contributed by atoms with E-state index >= 15 is 0 Å². The van der Waals surface area contributed by atoms with E-state index < -0.39 is 111 Å². The number of benzene rings is 1. The molecule has 1 aliphatic carbocycles. The van der Waals surface area contributed by atoms with Gasteiger partial charge in [0, 0.05) is 75.4 Å². The summed E-state index contributed by atoms with van der Waals surface area (Å²) in [5, 5.41) is 22.2. The number of hydrogen-bond donors (Lipinski definition) is 7. The Bertz CT molecular complexity index is 3280. The fourth-order valence-corrected chi connectivity index (χ4v) is 12.5. The van der Waals surface area contributed by atoms with Gasteiger partial charge in [-0.15, -0.1) is 0 Å². The number of rotatable bonds is 22. The second-order valence-corrected chi connectivity index (χ2v) is 26.2. The van der Waals surface area contributed by atoms with Crippen LogP contribution in [0, 0.1) is 17.3 Å². The number of nitrogens with zero attached hydrogens (tertiary/aromatic N) is 7. The number of aromatic nitrogens is 6. The lowest BCUT2D eigenvalue weighted by molar-refractivity contribution is -0.137. The predicted octanol–water partition coefficient (Wildman–Crippen LogP) is 3.96. The molecule has 1 saturated carbocycles. The first kappa shape index (κ1) is 65.0. The monoisotopic (exact) mass is 1260 g/mol. The van der Waals surface area contributed by atoms with Gasteiger partial charge in [-0.2, -0.15) is 4.98 Å². The highest BCUT2D eigenvalue weighted by molar-refractivity contribution is 8.44. The minimum absolute atomic E-state index is 0.0414. The van der Waals surface area contributed by atoms with E-state index in [1.165, 1.54) is 54.4 Å². The summed E-state index contributed by atoms with van der Waals surface area (Å²) in [4.78, 5) is 124. The minimum Gasteiger partial charge on any atom is -0.474 e. The highest BCUT2D eigenvalue weighted by atomic mass is 32.7. The number of imide groups is 1. The molecule has 3 fully saturated rings. The van der Waals surface area contributed by atoms with Crippen LogP contribution in [0.4, 0.5) is 16.4 Å². The van der Waals surface area contributed by atoms with Gasteiger partial charge in [-0.3, -0.25) is 62.4 Å². The van der Waals surface area contributed by atoms with Crippen LogP contribution in [0.3, 0.4) is 0 Å². The largest absolute Gasteiger partial charge is 0.474 e. The fourth-order valence-electron chi connectivity index (χ4n) is 10.1. The Morgan fingerprint density at radius 3 is 2.41 bits per heavy atom. The molecule has 30 nitrogen and oxygen atoms in total. The molecular weight excluding hydrogens is 1190 g/mol. The van der Waals surface area contributed by atoms with Crippen molar-refractivity contribution in [3.8, 4) is 5.88 Å². The molecule has 2 unspecified atom stereocenters. The van der Waals surface area contributed by atoms with Gasteiger partial charge >= 0.3 is 21.1 Å². The van der Waals surface area contributed by atoms with Crippen molar-refractivity contribution in [2.24, 2.45) is 17.3 Å². The number of carbonyl (C=O) groups is 7. The maximum Gasteiger partial charge on any atom is 0.409 e. The highest BCUT2D eigenvalue weighted by Crippen LogP contribution is 2.58. The molecule has 0 radical (unpaired) electrons. The summed E-state index contributed by atoms with van der Waals surface area (Å²) in [5.74, 6) is -3.51. The molecule has 2 saturated heterocycles. The minimum atomic E-state index is -4.33. The standard InChI is InChI=1S/C53H70N12O18P2S/c1-29(2)42(59-37(66)10-8-7-9-19-64-40(68)15-16-41(64)69)48(72)57-30(3)47(71)58-33-13-11-31(12-14-33)23-77-52(74)63(6)26-53(4,5)22-38(67)60-51-61-46-43(49(73)62-51)56-28-65(46)50-45-44(70)36(81-50)25-78-84(75)82-35-21-34(80-39-17-18-54-27-55-39)20-32(35)24-79-85(76,86)83-45/h11-18,27-30,32,34-36,42,44-45,50,70,84H,7-10,19-26H2,1-6H3,(H,57,72)(H,58,71)(H,59,66)(H,76,86)(H2,60,61,62,67,73)/t30-,32?,34+,35-,36+,42-,44+,45+,50+,85+/m0/s1. The van der Waals surface area contributed by atoms with Crippen LogP contribution in [0.5, 0.6) is 5.88 Å². The van der Waals surface area contributed by atoms with Gasteiger partial charge in [0.2, 0.25) is 35.5 Å². The zero-order chi connectivity index (χ0) is 62.0. The number of aromatic amines is 1. The number of hydrogen-bond acceptors (Lipinski definition) is 22. The average Bonchev–Trinajstić information content (AvgIpc) is 1.94. The van der Waals surface area contributed by atoms with Gasteiger partial charge in [-0.05, 0) is 55.2 Å². The van der Waals surface area contributed by atoms with Crippen LogP contribution >= 0.6 is 27.3 Å². The summed E-state index contributed by atoms with van der Waals surface area (Å²) in [5.41, 5.74) is -0.991. The molecule has 3 aliphatic heterocycles. The van der Waals surface area contributed by atoms with Crippen LogP contribution in [0.15, 0.2) is 66.1 Å². The second-order valence-electron chi connectivity index (χ2n) is 22.3. The molecule has 11 atom stereocenters. The molecule has 1 aromatic carbocycles. The Morgan fingerprint density at radius 1 is 0.953 bits per heavy atom. The molecule has 3 aromatic heterocycles. The van der Waals surface area contributed by atoms with Crippen molar-refractivity contribution in [2.75, 3.05) is 44.0 Å². The lowest BCUT2D eigenvalue weighted by atomic mass is 9.88.